The number of rotatable bonds is 7. The largest absolute Gasteiger partial charge is 0.493 e. The number of hydrogen-bond donors (Lipinski definition) is 2. The van der Waals surface area contributed by atoms with Gasteiger partial charge in [-0.15, -0.1) is 6.42 Å². The second-order valence-corrected chi connectivity index (χ2v) is 5.47. The van der Waals surface area contributed by atoms with Gasteiger partial charge in [-0.25, -0.2) is 0 Å². The molecule has 8 heteroatoms. The Kier molecular flexibility index (Phi) is 7.14. The number of methoxy groups -OCH3 is 1. The maximum absolute atomic E-state index is 6.19. The van der Waals surface area contributed by atoms with Crippen LogP contribution in [-0.2, 0) is 6.54 Å². The lowest BCUT2D eigenvalue weighted by Crippen LogP contribution is -2.31. The smallest absolute Gasteiger partial charge is 0.187 e. The van der Waals surface area contributed by atoms with Crippen molar-refractivity contribution in [2.75, 3.05) is 13.7 Å². The van der Waals surface area contributed by atoms with Crippen LogP contribution in [0.25, 0.3) is 0 Å². The van der Waals surface area contributed by atoms with Gasteiger partial charge in [-0.3, -0.25) is 5.43 Å². The summed E-state index contributed by atoms with van der Waals surface area (Å²) in [7, 11) is 1.52. The first-order valence-electron chi connectivity index (χ1n) is 7.17. The fourth-order valence-corrected chi connectivity index (χ4v) is 2.25. The van der Waals surface area contributed by atoms with Gasteiger partial charge in [-0.1, -0.05) is 17.5 Å². The highest BCUT2D eigenvalue weighted by Gasteiger charge is 2.11. The molecule has 1 aromatic carbocycles. The first-order chi connectivity index (χ1) is 12.1. The minimum atomic E-state index is 0.0979. The Labute approximate surface area is 156 Å². The van der Waals surface area contributed by atoms with E-state index < -0.39 is 0 Å². The summed E-state index contributed by atoms with van der Waals surface area (Å²) in [6, 6.07) is 7.05. The number of ether oxygens (including phenoxy) is 2. The number of furan rings is 1. The summed E-state index contributed by atoms with van der Waals surface area (Å²) in [6.45, 7) is 0.565. The molecule has 0 fully saturated rings. The third kappa shape index (κ3) is 5.71. The van der Waals surface area contributed by atoms with Crippen molar-refractivity contribution < 1.29 is 13.9 Å². The predicted molar refractivity (Wildman–Crippen MR) is 101 cm³/mol. The second kappa shape index (κ2) is 9.57. The predicted octanol–water partition coefficient (Wildman–Crippen LogP) is 2.95. The van der Waals surface area contributed by atoms with E-state index in [0.717, 1.165) is 5.76 Å². The summed E-state index contributed by atoms with van der Waals surface area (Å²) < 4.78 is 15.8. The zero-order valence-electron chi connectivity index (χ0n) is 13.4. The van der Waals surface area contributed by atoms with E-state index in [1.807, 2.05) is 6.07 Å². The van der Waals surface area contributed by atoms with Crippen molar-refractivity contribution in [1.82, 2.24) is 10.7 Å². The molecule has 0 aliphatic rings. The van der Waals surface area contributed by atoms with Crippen molar-refractivity contribution in [3.05, 3.63) is 46.9 Å². The van der Waals surface area contributed by atoms with Gasteiger partial charge in [0.25, 0.3) is 0 Å². The Balaban J connectivity index is 1.94. The molecule has 0 radical (unpaired) electrons. The number of halogens is 1. The highest BCUT2D eigenvalue weighted by molar-refractivity contribution is 7.80. The van der Waals surface area contributed by atoms with Crippen LogP contribution in [0.3, 0.4) is 0 Å². The number of hydrogen-bond acceptors (Lipinski definition) is 5. The molecule has 1 aromatic heterocycles. The summed E-state index contributed by atoms with van der Waals surface area (Å²) in [4.78, 5) is 0. The molecule has 2 N–H and O–H groups in total. The van der Waals surface area contributed by atoms with Gasteiger partial charge in [0.1, 0.15) is 12.4 Å². The van der Waals surface area contributed by atoms with Gasteiger partial charge >= 0.3 is 0 Å². The van der Waals surface area contributed by atoms with Crippen LogP contribution in [-0.4, -0.2) is 25.0 Å². The monoisotopic (exact) mass is 377 g/mol. The molecule has 0 bridgehead atoms. The zero-order valence-corrected chi connectivity index (χ0v) is 15.0. The number of benzene rings is 1. The third-order valence-electron chi connectivity index (χ3n) is 2.93. The minimum Gasteiger partial charge on any atom is -0.493 e. The van der Waals surface area contributed by atoms with Crippen LogP contribution in [0.2, 0.25) is 5.02 Å². The van der Waals surface area contributed by atoms with Gasteiger partial charge in [0.2, 0.25) is 0 Å². The summed E-state index contributed by atoms with van der Waals surface area (Å²) in [5.74, 6) is 4.00. The molecule has 0 amide bonds. The normalized spacial score (nSPS) is 10.3. The Morgan fingerprint density at radius 1 is 1.52 bits per heavy atom. The fourth-order valence-electron chi connectivity index (χ4n) is 1.85. The average molecular weight is 378 g/mol. The maximum Gasteiger partial charge on any atom is 0.187 e. The van der Waals surface area contributed by atoms with E-state index in [1.54, 1.807) is 30.7 Å². The molecule has 0 aliphatic carbocycles. The SMILES string of the molecule is C#CCOc1c(Cl)cc(C=NNC(=S)NCc2ccco2)cc1OC. The number of nitrogens with zero attached hydrogens (tertiary/aromatic N) is 1. The van der Waals surface area contributed by atoms with Crippen LogP contribution in [0.4, 0.5) is 0 Å². The first kappa shape index (κ1) is 18.6. The molecule has 0 aliphatic heterocycles. The zero-order chi connectivity index (χ0) is 18.1. The van der Waals surface area contributed by atoms with Crippen molar-refractivity contribution in [1.29, 1.82) is 0 Å². The Morgan fingerprint density at radius 2 is 2.36 bits per heavy atom. The molecule has 6 nitrogen and oxygen atoms in total. The molecule has 1 heterocycles. The molecular weight excluding hydrogens is 362 g/mol. The molecular formula is C17H16ClN3O3S. The molecule has 130 valence electrons. The van der Waals surface area contributed by atoms with E-state index in [0.29, 0.717) is 33.7 Å². The first-order valence-corrected chi connectivity index (χ1v) is 7.95. The number of thiocarbonyl (C=S) groups is 1. The Bertz CT molecular complexity index is 785. The van der Waals surface area contributed by atoms with Crippen LogP contribution < -0.4 is 20.2 Å². The van der Waals surface area contributed by atoms with Gasteiger partial charge in [0, 0.05) is 0 Å². The van der Waals surface area contributed by atoms with E-state index in [4.69, 9.17) is 44.1 Å². The van der Waals surface area contributed by atoms with Crippen molar-refractivity contribution in [2.24, 2.45) is 5.10 Å². The number of terminal acetylenes is 1. The molecule has 25 heavy (non-hydrogen) atoms. The summed E-state index contributed by atoms with van der Waals surface area (Å²) in [6.07, 6.45) is 8.34. The number of nitrogens with one attached hydrogen (secondary N) is 2. The maximum atomic E-state index is 6.19. The molecule has 0 unspecified atom stereocenters. The summed E-state index contributed by atoms with van der Waals surface area (Å²) >= 11 is 11.3. The van der Waals surface area contributed by atoms with Gasteiger partial charge in [0.05, 0.1) is 31.2 Å². The van der Waals surface area contributed by atoms with Crippen LogP contribution in [0, 0.1) is 12.3 Å². The van der Waals surface area contributed by atoms with E-state index in [-0.39, 0.29) is 6.61 Å². The van der Waals surface area contributed by atoms with Crippen LogP contribution in [0.5, 0.6) is 11.5 Å². The fraction of sp³-hybridized carbons (Fsp3) is 0.176. The Morgan fingerprint density at radius 3 is 3.04 bits per heavy atom. The molecule has 2 aromatic rings. The van der Waals surface area contributed by atoms with Crippen molar-refractivity contribution in [2.45, 2.75) is 6.54 Å². The molecule has 0 saturated heterocycles. The van der Waals surface area contributed by atoms with E-state index in [2.05, 4.69) is 21.8 Å². The topological polar surface area (TPSA) is 68.0 Å². The molecule has 2 rings (SSSR count). The van der Waals surface area contributed by atoms with Crippen molar-refractivity contribution in [3.63, 3.8) is 0 Å². The Hall–Kier alpha value is -2.69. The lowest BCUT2D eigenvalue weighted by Gasteiger charge is -2.11. The minimum absolute atomic E-state index is 0.0979. The van der Waals surface area contributed by atoms with E-state index in [9.17, 15) is 0 Å². The van der Waals surface area contributed by atoms with Crippen LogP contribution >= 0.6 is 23.8 Å². The van der Waals surface area contributed by atoms with Gasteiger partial charge in [-0.2, -0.15) is 5.10 Å². The quantitative estimate of drug-likeness (QED) is 0.334. The summed E-state index contributed by atoms with van der Waals surface area (Å²) in [5.41, 5.74) is 3.41. The standard InChI is InChI=1S/C17H16ClN3O3S/c1-3-6-24-16-14(18)8-12(9-15(16)22-2)10-20-21-17(25)19-11-13-5-4-7-23-13/h1,4-5,7-10H,6,11H2,2H3,(H2,19,21,25). The highest BCUT2D eigenvalue weighted by Crippen LogP contribution is 2.35. The number of hydrazone groups is 1. The molecule has 0 spiro atoms. The van der Waals surface area contributed by atoms with Crippen LogP contribution in [0.15, 0.2) is 40.0 Å². The van der Waals surface area contributed by atoms with Gasteiger partial charge in [-0.05, 0) is 42.0 Å². The van der Waals surface area contributed by atoms with Crippen molar-refractivity contribution in [3.8, 4) is 23.8 Å². The van der Waals surface area contributed by atoms with Crippen LogP contribution in [0.1, 0.15) is 11.3 Å². The third-order valence-corrected chi connectivity index (χ3v) is 3.45. The second-order valence-electron chi connectivity index (χ2n) is 4.66. The van der Waals surface area contributed by atoms with E-state index >= 15 is 0 Å². The lowest BCUT2D eigenvalue weighted by atomic mass is 10.2. The van der Waals surface area contributed by atoms with Crippen molar-refractivity contribution >= 4 is 35.1 Å². The lowest BCUT2D eigenvalue weighted by molar-refractivity contribution is 0.331. The van der Waals surface area contributed by atoms with Gasteiger partial charge in [0.15, 0.2) is 16.6 Å². The van der Waals surface area contributed by atoms with Gasteiger partial charge < -0.3 is 19.2 Å². The molecule has 0 saturated carbocycles. The van der Waals surface area contributed by atoms with E-state index in [1.165, 1.54) is 7.11 Å². The average Bonchev–Trinajstić information content (AvgIpc) is 3.12. The summed E-state index contributed by atoms with van der Waals surface area (Å²) in [5, 5.41) is 7.74. The highest BCUT2D eigenvalue weighted by atomic mass is 35.5. The molecule has 0 atom stereocenters.